The third-order valence-corrected chi connectivity index (χ3v) is 4.92. The minimum atomic E-state index is -0.457. The number of thiazole rings is 1. The molecule has 3 aromatic rings. The lowest BCUT2D eigenvalue weighted by molar-refractivity contribution is 0.102. The summed E-state index contributed by atoms with van der Waals surface area (Å²) in [6, 6.07) is 10.6. The van der Waals surface area contributed by atoms with Crippen LogP contribution in [0.15, 0.2) is 42.6 Å². The van der Waals surface area contributed by atoms with Gasteiger partial charge in [-0.05, 0) is 23.8 Å². The Morgan fingerprint density at radius 2 is 1.88 bits per heavy atom. The summed E-state index contributed by atoms with van der Waals surface area (Å²) in [5.74, 6) is -0.457. The highest BCUT2D eigenvalue weighted by Gasteiger charge is 2.15. The van der Waals surface area contributed by atoms with Crippen LogP contribution in [0.5, 0.6) is 0 Å². The lowest BCUT2D eigenvalue weighted by Crippen LogP contribution is -2.14. The molecule has 1 N–H and O–H groups in total. The molecule has 2 heterocycles. The van der Waals surface area contributed by atoms with E-state index in [2.05, 4.69) is 15.3 Å². The van der Waals surface area contributed by atoms with E-state index in [0.717, 1.165) is 10.4 Å². The lowest BCUT2D eigenvalue weighted by atomic mass is 10.1. The number of carbonyl (C=O) groups is 1. The summed E-state index contributed by atoms with van der Waals surface area (Å²) in [5, 5.41) is 4.26. The number of hydrogen-bond donors (Lipinski definition) is 1. The minimum absolute atomic E-state index is 0.0621. The predicted octanol–water partition coefficient (Wildman–Crippen LogP) is 5.34. The Balaban J connectivity index is 1.73. The van der Waals surface area contributed by atoms with Crippen molar-refractivity contribution in [3.05, 3.63) is 73.9 Å². The number of rotatable bonds is 4. The van der Waals surface area contributed by atoms with E-state index < -0.39 is 5.91 Å². The topological polar surface area (TPSA) is 54.9 Å². The van der Waals surface area contributed by atoms with Crippen molar-refractivity contribution in [3.63, 3.8) is 0 Å². The van der Waals surface area contributed by atoms with Gasteiger partial charge >= 0.3 is 0 Å². The molecule has 0 spiro atoms. The number of anilines is 1. The molecule has 0 bridgehead atoms. The van der Waals surface area contributed by atoms with Gasteiger partial charge in [0.15, 0.2) is 5.13 Å². The fourth-order valence-electron chi connectivity index (χ4n) is 2.01. The van der Waals surface area contributed by atoms with E-state index in [9.17, 15) is 4.79 Å². The fraction of sp³-hybridized carbons (Fsp3) is 0.0625. The Morgan fingerprint density at radius 1 is 1.08 bits per heavy atom. The second-order valence-electron chi connectivity index (χ2n) is 4.82. The van der Waals surface area contributed by atoms with Gasteiger partial charge in [0.25, 0.3) is 5.91 Å². The minimum Gasteiger partial charge on any atom is -0.296 e. The van der Waals surface area contributed by atoms with Crippen molar-refractivity contribution in [1.82, 2.24) is 9.97 Å². The first kappa shape index (κ1) is 17.2. The molecule has 24 heavy (non-hydrogen) atoms. The summed E-state index contributed by atoms with van der Waals surface area (Å²) in [7, 11) is 0. The van der Waals surface area contributed by atoms with Crippen molar-refractivity contribution >= 4 is 57.2 Å². The van der Waals surface area contributed by atoms with Crippen molar-refractivity contribution in [3.8, 4) is 0 Å². The molecule has 8 heteroatoms. The lowest BCUT2D eigenvalue weighted by Gasteiger charge is -2.03. The highest BCUT2D eigenvalue weighted by molar-refractivity contribution is 7.15. The molecule has 3 rings (SSSR count). The van der Waals surface area contributed by atoms with E-state index in [1.807, 2.05) is 24.3 Å². The first-order chi connectivity index (χ1) is 11.5. The highest BCUT2D eigenvalue weighted by atomic mass is 35.5. The maximum atomic E-state index is 12.2. The van der Waals surface area contributed by atoms with Crippen LogP contribution in [0.25, 0.3) is 0 Å². The zero-order chi connectivity index (χ0) is 17.1. The predicted molar refractivity (Wildman–Crippen MR) is 98.6 cm³/mol. The van der Waals surface area contributed by atoms with E-state index in [4.69, 9.17) is 34.8 Å². The van der Waals surface area contributed by atoms with Crippen molar-refractivity contribution in [2.75, 3.05) is 5.32 Å². The van der Waals surface area contributed by atoms with Gasteiger partial charge in [-0.3, -0.25) is 10.1 Å². The Hall–Kier alpha value is -1.66. The number of benzene rings is 1. The standard InChI is InChI=1S/C16H10Cl3N3OS/c17-11-4-2-1-3-9(11)7-10-8-20-16(24-10)22-15(23)14-12(18)5-6-13(19)21-14/h1-6,8H,7H2,(H,20,22,23). The quantitative estimate of drug-likeness (QED) is 0.603. The van der Waals surface area contributed by atoms with Gasteiger partial charge in [0.2, 0.25) is 0 Å². The second-order valence-corrected chi connectivity index (χ2v) is 7.14. The van der Waals surface area contributed by atoms with Gasteiger partial charge in [0, 0.05) is 22.5 Å². The molecular formula is C16H10Cl3N3OS. The number of hydrogen-bond acceptors (Lipinski definition) is 4. The van der Waals surface area contributed by atoms with Gasteiger partial charge in [-0.1, -0.05) is 53.0 Å². The molecule has 0 unspecified atom stereocenters. The van der Waals surface area contributed by atoms with E-state index >= 15 is 0 Å². The zero-order valence-electron chi connectivity index (χ0n) is 12.1. The number of nitrogens with one attached hydrogen (secondary N) is 1. The number of amides is 1. The third kappa shape index (κ3) is 4.05. The molecular weight excluding hydrogens is 389 g/mol. The van der Waals surface area contributed by atoms with E-state index in [-0.39, 0.29) is 15.9 Å². The molecule has 0 atom stereocenters. The normalized spacial score (nSPS) is 10.6. The SMILES string of the molecule is O=C(Nc1ncc(Cc2ccccc2Cl)s1)c1nc(Cl)ccc1Cl. The summed E-state index contributed by atoms with van der Waals surface area (Å²) in [6.07, 6.45) is 2.35. The molecule has 0 radical (unpaired) electrons. The molecule has 0 saturated heterocycles. The van der Waals surface area contributed by atoms with Crippen LogP contribution in [0.4, 0.5) is 5.13 Å². The molecule has 0 aliphatic rings. The van der Waals surface area contributed by atoms with Crippen molar-refractivity contribution in [1.29, 1.82) is 0 Å². The fourth-order valence-corrected chi connectivity index (χ4v) is 3.38. The third-order valence-electron chi connectivity index (χ3n) is 3.12. The maximum Gasteiger partial charge on any atom is 0.277 e. The molecule has 0 fully saturated rings. The number of nitrogens with zero attached hydrogens (tertiary/aromatic N) is 2. The van der Waals surface area contributed by atoms with Crippen molar-refractivity contribution < 1.29 is 4.79 Å². The Labute approximate surface area is 157 Å². The first-order valence-electron chi connectivity index (χ1n) is 6.84. The van der Waals surface area contributed by atoms with E-state index in [1.54, 1.807) is 6.20 Å². The number of aromatic nitrogens is 2. The van der Waals surface area contributed by atoms with E-state index in [1.165, 1.54) is 23.5 Å². The highest BCUT2D eigenvalue weighted by Crippen LogP contribution is 2.25. The monoisotopic (exact) mass is 397 g/mol. The molecule has 0 saturated carbocycles. The van der Waals surface area contributed by atoms with Crippen molar-refractivity contribution in [2.24, 2.45) is 0 Å². The Morgan fingerprint density at radius 3 is 2.67 bits per heavy atom. The molecule has 4 nitrogen and oxygen atoms in total. The number of carbonyl (C=O) groups excluding carboxylic acids is 1. The van der Waals surface area contributed by atoms with Gasteiger partial charge < -0.3 is 0 Å². The largest absolute Gasteiger partial charge is 0.296 e. The van der Waals surface area contributed by atoms with Crippen LogP contribution >= 0.6 is 46.1 Å². The molecule has 1 aromatic carbocycles. The average Bonchev–Trinajstić information content (AvgIpc) is 2.99. The number of halogens is 3. The number of pyridine rings is 1. The van der Waals surface area contributed by atoms with Crippen LogP contribution in [0.1, 0.15) is 20.9 Å². The van der Waals surface area contributed by atoms with Gasteiger partial charge in [0.1, 0.15) is 10.8 Å². The summed E-state index contributed by atoms with van der Waals surface area (Å²) in [4.78, 5) is 21.3. The molecule has 122 valence electrons. The molecule has 1 amide bonds. The molecule has 2 aromatic heterocycles. The van der Waals surface area contributed by atoms with Crippen LogP contribution in [-0.4, -0.2) is 15.9 Å². The average molecular weight is 399 g/mol. The van der Waals surface area contributed by atoms with Crippen LogP contribution in [0, 0.1) is 0 Å². The second kappa shape index (κ2) is 7.49. The Bertz CT molecular complexity index is 898. The van der Waals surface area contributed by atoms with Crippen LogP contribution in [0.2, 0.25) is 15.2 Å². The van der Waals surface area contributed by atoms with Gasteiger partial charge in [0.05, 0.1) is 5.02 Å². The summed E-state index contributed by atoms with van der Waals surface area (Å²) in [5.41, 5.74) is 1.06. The van der Waals surface area contributed by atoms with Crippen LogP contribution < -0.4 is 5.32 Å². The first-order valence-corrected chi connectivity index (χ1v) is 8.79. The smallest absolute Gasteiger partial charge is 0.277 e. The van der Waals surface area contributed by atoms with Gasteiger partial charge in [-0.2, -0.15) is 0 Å². The summed E-state index contributed by atoms with van der Waals surface area (Å²) >= 11 is 19.3. The van der Waals surface area contributed by atoms with Gasteiger partial charge in [-0.25, -0.2) is 9.97 Å². The van der Waals surface area contributed by atoms with Crippen molar-refractivity contribution in [2.45, 2.75) is 6.42 Å². The molecule has 0 aliphatic carbocycles. The molecule has 0 aliphatic heterocycles. The Kier molecular flexibility index (Phi) is 5.36. The van der Waals surface area contributed by atoms with E-state index in [0.29, 0.717) is 16.6 Å². The van der Waals surface area contributed by atoms with Gasteiger partial charge in [-0.15, -0.1) is 11.3 Å². The van der Waals surface area contributed by atoms with Crippen LogP contribution in [-0.2, 0) is 6.42 Å². The zero-order valence-corrected chi connectivity index (χ0v) is 15.2. The summed E-state index contributed by atoms with van der Waals surface area (Å²) < 4.78 is 0. The summed E-state index contributed by atoms with van der Waals surface area (Å²) in [6.45, 7) is 0. The maximum absolute atomic E-state index is 12.2. The van der Waals surface area contributed by atoms with Crippen LogP contribution in [0.3, 0.4) is 0 Å².